The largest absolute Gasteiger partial charge is 0.301 e. The summed E-state index contributed by atoms with van der Waals surface area (Å²) in [4.78, 5) is 7.96. The van der Waals surface area contributed by atoms with Crippen LogP contribution < -0.4 is 0 Å². The monoisotopic (exact) mass is 281 g/mol. The van der Waals surface area contributed by atoms with Crippen LogP contribution in [-0.4, -0.2) is 73.1 Å². The zero-order chi connectivity index (χ0) is 14.4. The van der Waals surface area contributed by atoms with Gasteiger partial charge in [-0.1, -0.05) is 6.92 Å². The van der Waals surface area contributed by atoms with Gasteiger partial charge in [-0.15, -0.1) is 0 Å². The van der Waals surface area contributed by atoms with Gasteiger partial charge in [0.15, 0.2) is 0 Å². The Balaban J connectivity index is 1.58. The number of hydrogen-bond acceptors (Lipinski definition) is 3. The lowest BCUT2D eigenvalue weighted by molar-refractivity contribution is 0.109. The predicted octanol–water partition coefficient (Wildman–Crippen LogP) is 2.52. The molecule has 0 aromatic heterocycles. The fraction of sp³-hybridized carbons (Fsp3) is 1.00. The Kier molecular flexibility index (Phi) is 6.79. The standard InChI is InChI=1S/C17H35N3/c1-4-8-18-12-14-19(15-13-18)9-5-17-6-10-20(11-7-17)16(2)3/h16-17H,4-15H2,1-3H3. The molecule has 20 heavy (non-hydrogen) atoms. The Bertz CT molecular complexity index is 251. The van der Waals surface area contributed by atoms with Gasteiger partial charge in [-0.25, -0.2) is 0 Å². The third-order valence-electron chi connectivity index (χ3n) is 5.24. The van der Waals surface area contributed by atoms with E-state index in [0.717, 1.165) is 12.0 Å². The number of rotatable bonds is 6. The highest BCUT2D eigenvalue weighted by Crippen LogP contribution is 2.22. The SMILES string of the molecule is CCCN1CCN(CCC2CCN(C(C)C)CC2)CC1. The summed E-state index contributed by atoms with van der Waals surface area (Å²) in [6, 6.07) is 0.739. The number of hydrogen-bond donors (Lipinski definition) is 0. The van der Waals surface area contributed by atoms with E-state index in [1.54, 1.807) is 0 Å². The van der Waals surface area contributed by atoms with Gasteiger partial charge in [-0.3, -0.25) is 0 Å². The van der Waals surface area contributed by atoms with E-state index >= 15 is 0 Å². The van der Waals surface area contributed by atoms with Gasteiger partial charge in [0.2, 0.25) is 0 Å². The van der Waals surface area contributed by atoms with Crippen molar-refractivity contribution in [3.05, 3.63) is 0 Å². The molecular formula is C17H35N3. The zero-order valence-corrected chi connectivity index (χ0v) is 14.0. The van der Waals surface area contributed by atoms with Crippen LogP contribution in [0.4, 0.5) is 0 Å². The molecule has 0 aliphatic carbocycles. The smallest absolute Gasteiger partial charge is 0.0110 e. The van der Waals surface area contributed by atoms with E-state index in [2.05, 4.69) is 35.5 Å². The van der Waals surface area contributed by atoms with E-state index in [4.69, 9.17) is 0 Å². The van der Waals surface area contributed by atoms with Crippen LogP contribution in [0.1, 0.15) is 46.5 Å². The van der Waals surface area contributed by atoms with Gasteiger partial charge in [-0.2, -0.15) is 0 Å². The molecule has 0 aromatic rings. The van der Waals surface area contributed by atoms with Crippen molar-refractivity contribution >= 4 is 0 Å². The Morgan fingerprint density at radius 1 is 0.850 bits per heavy atom. The summed E-state index contributed by atoms with van der Waals surface area (Å²) in [6.45, 7) is 17.4. The molecule has 0 bridgehead atoms. The molecule has 2 heterocycles. The summed E-state index contributed by atoms with van der Waals surface area (Å²) in [5, 5.41) is 0. The van der Waals surface area contributed by atoms with Crippen LogP contribution in [-0.2, 0) is 0 Å². The normalized spacial score (nSPS) is 24.6. The lowest BCUT2D eigenvalue weighted by Crippen LogP contribution is -2.47. The van der Waals surface area contributed by atoms with Crippen molar-refractivity contribution in [3.8, 4) is 0 Å². The average Bonchev–Trinajstić information content (AvgIpc) is 2.47. The van der Waals surface area contributed by atoms with Crippen molar-refractivity contribution < 1.29 is 0 Å². The lowest BCUT2D eigenvalue weighted by atomic mass is 9.92. The Labute approximate surface area is 126 Å². The quantitative estimate of drug-likeness (QED) is 0.741. The molecule has 2 saturated heterocycles. The van der Waals surface area contributed by atoms with Crippen molar-refractivity contribution in [1.82, 2.24) is 14.7 Å². The van der Waals surface area contributed by atoms with E-state index in [9.17, 15) is 0 Å². The summed E-state index contributed by atoms with van der Waals surface area (Å²) < 4.78 is 0. The van der Waals surface area contributed by atoms with Crippen molar-refractivity contribution in [2.24, 2.45) is 5.92 Å². The molecule has 0 N–H and O–H groups in total. The van der Waals surface area contributed by atoms with E-state index in [1.165, 1.54) is 78.0 Å². The van der Waals surface area contributed by atoms with Crippen LogP contribution >= 0.6 is 0 Å². The third-order valence-corrected chi connectivity index (χ3v) is 5.24. The molecule has 0 radical (unpaired) electrons. The highest BCUT2D eigenvalue weighted by molar-refractivity contribution is 4.77. The minimum absolute atomic E-state index is 0.739. The molecular weight excluding hydrogens is 246 g/mol. The van der Waals surface area contributed by atoms with Crippen molar-refractivity contribution in [3.63, 3.8) is 0 Å². The molecule has 2 aliphatic rings. The Hall–Kier alpha value is -0.120. The Morgan fingerprint density at radius 2 is 1.40 bits per heavy atom. The first-order valence-corrected chi connectivity index (χ1v) is 8.87. The number of piperidine rings is 1. The fourth-order valence-corrected chi connectivity index (χ4v) is 3.68. The summed E-state index contributed by atoms with van der Waals surface area (Å²) in [5.74, 6) is 0.985. The van der Waals surface area contributed by atoms with Gasteiger partial charge in [0.1, 0.15) is 0 Å². The van der Waals surface area contributed by atoms with E-state index < -0.39 is 0 Å². The van der Waals surface area contributed by atoms with Crippen LogP contribution in [0.15, 0.2) is 0 Å². The first-order valence-electron chi connectivity index (χ1n) is 8.87. The van der Waals surface area contributed by atoms with Crippen LogP contribution in [0.2, 0.25) is 0 Å². The highest BCUT2D eigenvalue weighted by atomic mass is 15.3. The molecule has 2 aliphatic heterocycles. The average molecular weight is 281 g/mol. The summed E-state index contributed by atoms with van der Waals surface area (Å²) in [6.07, 6.45) is 5.58. The molecule has 118 valence electrons. The summed E-state index contributed by atoms with van der Waals surface area (Å²) in [7, 11) is 0. The first kappa shape index (κ1) is 16.3. The topological polar surface area (TPSA) is 9.72 Å². The second-order valence-corrected chi connectivity index (χ2v) is 7.05. The van der Waals surface area contributed by atoms with Gasteiger partial charge in [0, 0.05) is 32.2 Å². The van der Waals surface area contributed by atoms with Crippen LogP contribution in [0.5, 0.6) is 0 Å². The van der Waals surface area contributed by atoms with Gasteiger partial charge in [-0.05, 0) is 71.6 Å². The van der Waals surface area contributed by atoms with Crippen LogP contribution in [0.3, 0.4) is 0 Å². The second kappa shape index (κ2) is 8.35. The van der Waals surface area contributed by atoms with E-state index in [-0.39, 0.29) is 0 Å². The fourth-order valence-electron chi connectivity index (χ4n) is 3.68. The summed E-state index contributed by atoms with van der Waals surface area (Å²) in [5.41, 5.74) is 0. The Morgan fingerprint density at radius 3 is 1.90 bits per heavy atom. The van der Waals surface area contributed by atoms with E-state index in [1.807, 2.05) is 0 Å². The second-order valence-electron chi connectivity index (χ2n) is 7.05. The number of nitrogens with zero attached hydrogens (tertiary/aromatic N) is 3. The molecule has 3 nitrogen and oxygen atoms in total. The van der Waals surface area contributed by atoms with Crippen LogP contribution in [0.25, 0.3) is 0 Å². The molecule has 2 fully saturated rings. The van der Waals surface area contributed by atoms with Gasteiger partial charge >= 0.3 is 0 Å². The molecule has 0 amide bonds. The maximum Gasteiger partial charge on any atom is 0.0110 e. The van der Waals surface area contributed by atoms with Crippen molar-refractivity contribution in [1.29, 1.82) is 0 Å². The minimum atomic E-state index is 0.739. The predicted molar refractivity (Wildman–Crippen MR) is 87.2 cm³/mol. The maximum atomic E-state index is 2.70. The van der Waals surface area contributed by atoms with Crippen molar-refractivity contribution in [2.45, 2.75) is 52.5 Å². The maximum absolute atomic E-state index is 2.70. The molecule has 0 aromatic carbocycles. The first-order chi connectivity index (χ1) is 9.69. The van der Waals surface area contributed by atoms with Crippen LogP contribution in [0, 0.1) is 5.92 Å². The zero-order valence-electron chi connectivity index (χ0n) is 14.0. The van der Waals surface area contributed by atoms with E-state index in [0.29, 0.717) is 0 Å². The molecule has 2 rings (SSSR count). The lowest BCUT2D eigenvalue weighted by Gasteiger charge is -2.37. The van der Waals surface area contributed by atoms with Gasteiger partial charge < -0.3 is 14.7 Å². The van der Waals surface area contributed by atoms with Gasteiger partial charge in [0.05, 0.1) is 0 Å². The number of piperazine rings is 1. The van der Waals surface area contributed by atoms with Gasteiger partial charge in [0.25, 0.3) is 0 Å². The molecule has 0 unspecified atom stereocenters. The van der Waals surface area contributed by atoms with Crippen molar-refractivity contribution in [2.75, 3.05) is 52.4 Å². The molecule has 0 saturated carbocycles. The summed E-state index contributed by atoms with van der Waals surface area (Å²) >= 11 is 0. The molecule has 0 atom stereocenters. The number of likely N-dealkylation sites (tertiary alicyclic amines) is 1. The molecule has 0 spiro atoms. The minimum Gasteiger partial charge on any atom is -0.301 e. The third kappa shape index (κ3) is 5.01. The molecule has 3 heteroatoms. The highest BCUT2D eigenvalue weighted by Gasteiger charge is 2.22.